The van der Waals surface area contributed by atoms with Gasteiger partial charge in [0.15, 0.2) is 0 Å². The van der Waals surface area contributed by atoms with Crippen LogP contribution in [0.5, 0.6) is 0 Å². The summed E-state index contributed by atoms with van der Waals surface area (Å²) in [6.45, 7) is 0. The second kappa shape index (κ2) is 3.13. The molecule has 3 aromatic rings. The zero-order valence-corrected chi connectivity index (χ0v) is 9.78. The summed E-state index contributed by atoms with van der Waals surface area (Å²) in [5, 5.41) is 0.722. The van der Waals surface area contributed by atoms with E-state index in [4.69, 9.17) is 0 Å². The van der Waals surface area contributed by atoms with E-state index in [1.807, 2.05) is 12.1 Å². The Morgan fingerprint density at radius 1 is 1.24 bits per heavy atom. The highest BCUT2D eigenvalue weighted by molar-refractivity contribution is 7.17. The van der Waals surface area contributed by atoms with Gasteiger partial charge in [-0.15, -0.1) is 11.3 Å². The minimum absolute atomic E-state index is 0.0763. The lowest BCUT2D eigenvalue weighted by atomic mass is 10.2. The van der Waals surface area contributed by atoms with Crippen LogP contribution >= 0.6 is 11.3 Å². The molecule has 0 N–H and O–H groups in total. The third kappa shape index (κ3) is 1.26. The average molecular weight is 243 g/mol. The molecule has 5 heteroatoms. The van der Waals surface area contributed by atoms with Crippen LogP contribution in [0.2, 0.25) is 0 Å². The molecule has 1 aromatic carbocycles. The summed E-state index contributed by atoms with van der Waals surface area (Å²) in [7, 11) is 0. The Hall–Kier alpha value is -1.75. The summed E-state index contributed by atoms with van der Waals surface area (Å²) in [4.78, 5) is 21.0. The number of aromatic nitrogens is 3. The molecule has 2 heterocycles. The fourth-order valence-electron chi connectivity index (χ4n) is 2.15. The van der Waals surface area contributed by atoms with Crippen molar-refractivity contribution in [3.63, 3.8) is 0 Å². The minimum atomic E-state index is 0.0763. The Bertz CT molecular complexity index is 785. The summed E-state index contributed by atoms with van der Waals surface area (Å²) in [5.41, 5.74) is 3.50. The molecule has 0 saturated heterocycles. The van der Waals surface area contributed by atoms with Crippen molar-refractivity contribution in [1.29, 1.82) is 0 Å². The van der Waals surface area contributed by atoms with Crippen molar-refractivity contribution in [2.24, 2.45) is 0 Å². The molecule has 4 nitrogen and oxygen atoms in total. The van der Waals surface area contributed by atoms with Gasteiger partial charge >= 0.3 is 0 Å². The van der Waals surface area contributed by atoms with Gasteiger partial charge in [-0.05, 0) is 25.0 Å². The average Bonchev–Trinajstić information content (AvgIpc) is 3.06. The standard InChI is InChI=1S/C12H9N3OS/c16-12-10-8(13-5-15(12)7-1-2-7)3-4-9-11(10)17-6-14-9/h3-7H,1-2H2. The third-order valence-corrected chi connectivity index (χ3v) is 4.05. The van der Waals surface area contributed by atoms with Crippen molar-refractivity contribution in [2.75, 3.05) is 0 Å². The molecule has 0 amide bonds. The molecule has 0 spiro atoms. The van der Waals surface area contributed by atoms with Gasteiger partial charge in [-0.2, -0.15) is 0 Å². The largest absolute Gasteiger partial charge is 0.296 e. The fraction of sp³-hybridized carbons (Fsp3) is 0.250. The number of thiazole rings is 1. The van der Waals surface area contributed by atoms with Crippen molar-refractivity contribution in [3.8, 4) is 0 Å². The van der Waals surface area contributed by atoms with E-state index < -0.39 is 0 Å². The molecule has 1 aliphatic rings. The van der Waals surface area contributed by atoms with E-state index in [-0.39, 0.29) is 5.56 Å². The van der Waals surface area contributed by atoms with Crippen molar-refractivity contribution in [1.82, 2.24) is 14.5 Å². The van der Waals surface area contributed by atoms with Crippen molar-refractivity contribution in [3.05, 3.63) is 34.3 Å². The molecule has 2 aromatic heterocycles. The summed E-state index contributed by atoms with van der Waals surface area (Å²) < 4.78 is 2.72. The molecule has 0 bridgehead atoms. The van der Waals surface area contributed by atoms with Crippen LogP contribution in [0.25, 0.3) is 21.1 Å². The Kier molecular flexibility index (Phi) is 1.71. The number of hydrogen-bond acceptors (Lipinski definition) is 4. The lowest BCUT2D eigenvalue weighted by Crippen LogP contribution is -2.19. The SMILES string of the molecule is O=c1c2c(ccc3ncsc32)ncn1C1CC1. The Balaban J connectivity index is 2.22. The van der Waals surface area contributed by atoms with E-state index in [1.165, 1.54) is 11.3 Å². The number of benzene rings is 1. The predicted molar refractivity (Wildman–Crippen MR) is 67.5 cm³/mol. The van der Waals surface area contributed by atoms with Gasteiger partial charge in [0.2, 0.25) is 0 Å². The van der Waals surface area contributed by atoms with Crippen LogP contribution in [0.4, 0.5) is 0 Å². The summed E-state index contributed by atoms with van der Waals surface area (Å²) in [6.07, 6.45) is 3.85. The fourth-order valence-corrected chi connectivity index (χ4v) is 2.97. The highest BCUT2D eigenvalue weighted by Gasteiger charge is 2.25. The van der Waals surface area contributed by atoms with Crippen LogP contribution in [0.15, 0.2) is 28.8 Å². The van der Waals surface area contributed by atoms with Crippen molar-refractivity contribution in [2.45, 2.75) is 18.9 Å². The van der Waals surface area contributed by atoms with Gasteiger partial charge in [0.05, 0.1) is 33.0 Å². The van der Waals surface area contributed by atoms with Crippen LogP contribution in [0, 0.1) is 0 Å². The molecule has 1 fully saturated rings. The number of hydrogen-bond donors (Lipinski definition) is 0. The van der Waals surface area contributed by atoms with Gasteiger partial charge in [0.25, 0.3) is 5.56 Å². The smallest absolute Gasteiger partial charge is 0.262 e. The Morgan fingerprint density at radius 2 is 2.06 bits per heavy atom. The third-order valence-electron chi connectivity index (χ3n) is 3.19. The van der Waals surface area contributed by atoms with E-state index in [9.17, 15) is 4.79 Å². The van der Waals surface area contributed by atoms with Gasteiger partial charge < -0.3 is 0 Å². The molecule has 84 valence electrons. The van der Waals surface area contributed by atoms with Crippen LogP contribution in [0.3, 0.4) is 0 Å². The zero-order chi connectivity index (χ0) is 11.4. The normalized spacial score (nSPS) is 15.8. The summed E-state index contributed by atoms with van der Waals surface area (Å²) in [6, 6.07) is 4.15. The topological polar surface area (TPSA) is 47.8 Å². The van der Waals surface area contributed by atoms with Gasteiger partial charge in [-0.25, -0.2) is 9.97 Å². The van der Waals surface area contributed by atoms with Crippen LogP contribution in [0.1, 0.15) is 18.9 Å². The van der Waals surface area contributed by atoms with E-state index in [1.54, 1.807) is 16.4 Å². The van der Waals surface area contributed by atoms with Crippen LogP contribution < -0.4 is 5.56 Å². The Morgan fingerprint density at radius 3 is 2.88 bits per heavy atom. The maximum absolute atomic E-state index is 12.4. The first kappa shape index (κ1) is 9.30. The van der Waals surface area contributed by atoms with Crippen LogP contribution in [-0.2, 0) is 0 Å². The van der Waals surface area contributed by atoms with Crippen molar-refractivity contribution < 1.29 is 0 Å². The molecule has 17 heavy (non-hydrogen) atoms. The summed E-state index contributed by atoms with van der Waals surface area (Å²) in [5.74, 6) is 0. The highest BCUT2D eigenvalue weighted by Crippen LogP contribution is 2.34. The molecule has 0 radical (unpaired) electrons. The van der Waals surface area contributed by atoms with Crippen molar-refractivity contribution >= 4 is 32.5 Å². The molecule has 0 aliphatic heterocycles. The second-order valence-electron chi connectivity index (χ2n) is 4.35. The molecular weight excluding hydrogens is 234 g/mol. The maximum Gasteiger partial charge on any atom is 0.262 e. The molecule has 0 atom stereocenters. The van der Waals surface area contributed by atoms with Gasteiger partial charge in [-0.1, -0.05) is 0 Å². The molecule has 1 aliphatic carbocycles. The number of fused-ring (bicyclic) bond motifs is 3. The minimum Gasteiger partial charge on any atom is -0.296 e. The highest BCUT2D eigenvalue weighted by atomic mass is 32.1. The second-order valence-corrected chi connectivity index (χ2v) is 5.20. The molecular formula is C12H9N3OS. The van der Waals surface area contributed by atoms with Gasteiger partial charge in [-0.3, -0.25) is 9.36 Å². The lowest BCUT2D eigenvalue weighted by Gasteiger charge is -2.04. The molecule has 1 saturated carbocycles. The van der Waals surface area contributed by atoms with E-state index in [0.717, 1.165) is 34.0 Å². The first-order valence-electron chi connectivity index (χ1n) is 5.57. The van der Waals surface area contributed by atoms with E-state index in [0.29, 0.717) is 6.04 Å². The molecule has 4 rings (SSSR count). The zero-order valence-electron chi connectivity index (χ0n) is 8.96. The van der Waals surface area contributed by atoms with Crippen LogP contribution in [-0.4, -0.2) is 14.5 Å². The predicted octanol–water partition coefficient (Wildman–Crippen LogP) is 2.34. The monoisotopic (exact) mass is 243 g/mol. The number of rotatable bonds is 1. The Labute approximate surface area is 101 Å². The first-order valence-corrected chi connectivity index (χ1v) is 6.45. The van der Waals surface area contributed by atoms with E-state index in [2.05, 4.69) is 9.97 Å². The van der Waals surface area contributed by atoms with Gasteiger partial charge in [0, 0.05) is 6.04 Å². The van der Waals surface area contributed by atoms with Gasteiger partial charge in [0.1, 0.15) is 0 Å². The lowest BCUT2D eigenvalue weighted by molar-refractivity contribution is 0.699. The first-order chi connectivity index (χ1) is 8.34. The maximum atomic E-state index is 12.4. The number of nitrogens with zero attached hydrogens (tertiary/aromatic N) is 3. The molecule has 0 unspecified atom stereocenters. The van der Waals surface area contributed by atoms with E-state index >= 15 is 0 Å². The summed E-state index contributed by atoms with van der Waals surface area (Å²) >= 11 is 1.51. The quantitative estimate of drug-likeness (QED) is 0.659.